The van der Waals surface area contributed by atoms with Crippen molar-refractivity contribution in [3.05, 3.63) is 35.4 Å². The van der Waals surface area contributed by atoms with E-state index in [0.29, 0.717) is 11.6 Å². The monoisotopic (exact) mass is 275 g/mol. The van der Waals surface area contributed by atoms with Crippen molar-refractivity contribution >= 4 is 5.91 Å². The zero-order chi connectivity index (χ0) is 14.5. The highest BCUT2D eigenvalue weighted by Crippen LogP contribution is 2.17. The van der Waals surface area contributed by atoms with E-state index in [1.165, 1.54) is 25.1 Å². The van der Waals surface area contributed by atoms with Crippen LogP contribution in [0, 0.1) is 5.92 Å². The molecule has 0 saturated carbocycles. The molecule has 1 aliphatic heterocycles. The average molecular weight is 275 g/mol. The van der Waals surface area contributed by atoms with Crippen molar-refractivity contribution < 1.29 is 4.79 Å². The molecule has 1 heterocycles. The fourth-order valence-electron chi connectivity index (χ4n) is 2.71. The Kier molecular flexibility index (Phi) is 5.15. The van der Waals surface area contributed by atoms with Crippen molar-refractivity contribution in [1.82, 2.24) is 10.2 Å². The van der Waals surface area contributed by atoms with Gasteiger partial charge in [-0.2, -0.15) is 0 Å². The number of nitrogens with zero attached hydrogens (tertiary/aromatic N) is 1. The fraction of sp³-hybridized carbons (Fsp3) is 0.562. The molecule has 1 aromatic carbocycles. The van der Waals surface area contributed by atoms with Gasteiger partial charge in [0.1, 0.15) is 0 Å². The summed E-state index contributed by atoms with van der Waals surface area (Å²) in [7, 11) is 0. The van der Waals surface area contributed by atoms with Gasteiger partial charge in [0, 0.05) is 24.7 Å². The summed E-state index contributed by atoms with van der Waals surface area (Å²) in [5.74, 6) is 0.381. The Morgan fingerprint density at radius 1 is 1.40 bits per heavy atom. The van der Waals surface area contributed by atoms with E-state index in [0.717, 1.165) is 19.0 Å². The second-order valence-electron chi connectivity index (χ2n) is 5.94. The van der Waals surface area contributed by atoms with Crippen LogP contribution >= 0.6 is 0 Å². The second-order valence-corrected chi connectivity index (χ2v) is 5.94. The lowest BCUT2D eigenvalue weighted by Crippen LogP contribution is -2.30. The maximum absolute atomic E-state index is 11.0. The van der Waals surface area contributed by atoms with Gasteiger partial charge < -0.3 is 16.0 Å². The molecule has 4 nitrogen and oxygen atoms in total. The van der Waals surface area contributed by atoms with E-state index < -0.39 is 0 Å². The molecule has 20 heavy (non-hydrogen) atoms. The summed E-state index contributed by atoms with van der Waals surface area (Å²) in [6.45, 7) is 8.84. The van der Waals surface area contributed by atoms with Gasteiger partial charge in [-0.1, -0.05) is 12.1 Å². The number of carbonyl (C=O) groups is 1. The summed E-state index contributed by atoms with van der Waals surface area (Å²) in [4.78, 5) is 13.5. The molecular formula is C16H25N3O. The van der Waals surface area contributed by atoms with Crippen LogP contribution in [0.3, 0.4) is 0 Å². The molecular weight excluding hydrogens is 250 g/mol. The van der Waals surface area contributed by atoms with E-state index >= 15 is 0 Å². The van der Waals surface area contributed by atoms with Crippen LogP contribution in [0.1, 0.15) is 36.2 Å². The summed E-state index contributed by atoms with van der Waals surface area (Å²) in [6.07, 6.45) is 1.28. The highest BCUT2D eigenvalue weighted by molar-refractivity contribution is 5.92. The fourth-order valence-corrected chi connectivity index (χ4v) is 2.71. The van der Waals surface area contributed by atoms with Gasteiger partial charge in [0.05, 0.1) is 0 Å². The van der Waals surface area contributed by atoms with Crippen molar-refractivity contribution in [1.29, 1.82) is 0 Å². The van der Waals surface area contributed by atoms with Crippen LogP contribution in [0.2, 0.25) is 0 Å². The van der Waals surface area contributed by atoms with E-state index in [1.54, 1.807) is 12.1 Å². The summed E-state index contributed by atoms with van der Waals surface area (Å²) in [6, 6.07) is 8.15. The molecule has 1 aliphatic rings. The van der Waals surface area contributed by atoms with Crippen molar-refractivity contribution in [2.75, 3.05) is 19.6 Å². The number of hydrogen-bond acceptors (Lipinski definition) is 3. The van der Waals surface area contributed by atoms with Gasteiger partial charge in [0.2, 0.25) is 5.91 Å². The number of likely N-dealkylation sites (tertiary alicyclic amines) is 1. The molecule has 0 aromatic heterocycles. The Bertz CT molecular complexity index is 442. The zero-order valence-electron chi connectivity index (χ0n) is 12.4. The molecule has 1 aromatic rings. The number of primary amides is 1. The highest BCUT2D eigenvalue weighted by Gasteiger charge is 2.23. The van der Waals surface area contributed by atoms with Crippen molar-refractivity contribution in [2.24, 2.45) is 11.7 Å². The summed E-state index contributed by atoms with van der Waals surface area (Å²) in [5.41, 5.74) is 6.98. The predicted octanol–water partition coefficient (Wildman–Crippen LogP) is 1.61. The third kappa shape index (κ3) is 4.05. The van der Waals surface area contributed by atoms with E-state index in [2.05, 4.69) is 24.1 Å². The molecule has 3 N–H and O–H groups in total. The van der Waals surface area contributed by atoms with E-state index in [-0.39, 0.29) is 5.91 Å². The standard InChI is InChI=1S/C16H25N3O/c1-12(2)19-8-7-14(11-19)10-18-9-13-3-5-15(6-4-13)16(17)20/h3-6,12,14,18H,7-11H2,1-2H3,(H2,17,20). The Hall–Kier alpha value is -1.39. The van der Waals surface area contributed by atoms with Crippen LogP contribution in [-0.2, 0) is 6.54 Å². The molecule has 1 amide bonds. The first-order valence-electron chi connectivity index (χ1n) is 7.39. The number of nitrogens with two attached hydrogens (primary N) is 1. The van der Waals surface area contributed by atoms with Gasteiger partial charge in [-0.15, -0.1) is 0 Å². The summed E-state index contributed by atoms with van der Waals surface area (Å²) in [5, 5.41) is 3.51. The van der Waals surface area contributed by atoms with E-state index in [1.807, 2.05) is 12.1 Å². The number of benzene rings is 1. The van der Waals surface area contributed by atoms with Crippen molar-refractivity contribution in [3.8, 4) is 0 Å². The molecule has 0 aliphatic carbocycles. The third-order valence-electron chi connectivity index (χ3n) is 4.05. The Morgan fingerprint density at radius 2 is 2.10 bits per heavy atom. The normalized spacial score (nSPS) is 19.6. The van der Waals surface area contributed by atoms with E-state index in [9.17, 15) is 4.79 Å². The van der Waals surface area contributed by atoms with Crippen molar-refractivity contribution in [3.63, 3.8) is 0 Å². The smallest absolute Gasteiger partial charge is 0.248 e. The predicted molar refractivity (Wildman–Crippen MR) is 81.5 cm³/mol. The van der Waals surface area contributed by atoms with Crippen LogP contribution < -0.4 is 11.1 Å². The Balaban J connectivity index is 1.72. The van der Waals surface area contributed by atoms with Gasteiger partial charge in [-0.25, -0.2) is 0 Å². The van der Waals surface area contributed by atoms with E-state index in [4.69, 9.17) is 5.73 Å². The van der Waals surface area contributed by atoms with Gasteiger partial charge in [0.15, 0.2) is 0 Å². The van der Waals surface area contributed by atoms with Crippen molar-refractivity contribution in [2.45, 2.75) is 32.9 Å². The van der Waals surface area contributed by atoms with Crippen LogP contribution in [-0.4, -0.2) is 36.5 Å². The van der Waals surface area contributed by atoms with Crippen LogP contribution in [0.25, 0.3) is 0 Å². The molecule has 110 valence electrons. The topological polar surface area (TPSA) is 58.4 Å². The third-order valence-corrected chi connectivity index (χ3v) is 4.05. The molecule has 1 saturated heterocycles. The van der Waals surface area contributed by atoms with Gasteiger partial charge >= 0.3 is 0 Å². The molecule has 1 unspecified atom stereocenters. The number of rotatable bonds is 6. The minimum atomic E-state index is -0.371. The van der Waals surface area contributed by atoms with Crippen LogP contribution in [0.4, 0.5) is 0 Å². The second kappa shape index (κ2) is 6.86. The zero-order valence-corrected chi connectivity index (χ0v) is 12.4. The quantitative estimate of drug-likeness (QED) is 0.829. The number of carbonyl (C=O) groups excluding carboxylic acids is 1. The largest absolute Gasteiger partial charge is 0.366 e. The molecule has 0 spiro atoms. The molecule has 0 radical (unpaired) electrons. The number of nitrogens with one attached hydrogen (secondary N) is 1. The first-order valence-corrected chi connectivity index (χ1v) is 7.39. The SMILES string of the molecule is CC(C)N1CCC(CNCc2ccc(C(N)=O)cc2)C1. The molecule has 4 heteroatoms. The molecule has 2 rings (SSSR count). The average Bonchev–Trinajstić information content (AvgIpc) is 2.88. The Labute approximate surface area is 121 Å². The van der Waals surface area contributed by atoms with Gasteiger partial charge in [-0.05, 0) is 57.0 Å². The minimum Gasteiger partial charge on any atom is -0.366 e. The maximum Gasteiger partial charge on any atom is 0.248 e. The first kappa shape index (κ1) is 15.0. The number of hydrogen-bond donors (Lipinski definition) is 2. The van der Waals surface area contributed by atoms with Gasteiger partial charge in [0.25, 0.3) is 0 Å². The lowest BCUT2D eigenvalue weighted by Gasteiger charge is -2.20. The molecule has 1 atom stereocenters. The first-order chi connectivity index (χ1) is 9.56. The lowest BCUT2D eigenvalue weighted by molar-refractivity contribution is 0.100. The molecule has 0 bridgehead atoms. The number of amides is 1. The minimum absolute atomic E-state index is 0.371. The summed E-state index contributed by atoms with van der Waals surface area (Å²) < 4.78 is 0. The highest BCUT2D eigenvalue weighted by atomic mass is 16.1. The van der Waals surface area contributed by atoms with Gasteiger partial charge in [-0.3, -0.25) is 4.79 Å². The lowest BCUT2D eigenvalue weighted by atomic mass is 10.1. The molecule has 1 fully saturated rings. The van der Waals surface area contributed by atoms with Crippen LogP contribution in [0.15, 0.2) is 24.3 Å². The summed E-state index contributed by atoms with van der Waals surface area (Å²) >= 11 is 0. The Morgan fingerprint density at radius 3 is 2.65 bits per heavy atom. The maximum atomic E-state index is 11.0. The van der Waals surface area contributed by atoms with Crippen LogP contribution in [0.5, 0.6) is 0 Å².